The molecular formula is C27H29F3N4O3. The van der Waals surface area contributed by atoms with Crippen LogP contribution in [0.15, 0.2) is 42.7 Å². The van der Waals surface area contributed by atoms with Crippen LogP contribution < -0.4 is 10.1 Å². The molecule has 2 amide bonds. The van der Waals surface area contributed by atoms with E-state index in [2.05, 4.69) is 10.4 Å². The van der Waals surface area contributed by atoms with E-state index < -0.39 is 17.6 Å². The van der Waals surface area contributed by atoms with Gasteiger partial charge in [0.05, 0.1) is 36.2 Å². The summed E-state index contributed by atoms with van der Waals surface area (Å²) >= 11 is 0. The van der Waals surface area contributed by atoms with Crippen molar-refractivity contribution < 1.29 is 27.5 Å². The van der Waals surface area contributed by atoms with E-state index in [0.717, 1.165) is 17.2 Å². The van der Waals surface area contributed by atoms with E-state index in [9.17, 15) is 22.8 Å². The van der Waals surface area contributed by atoms with E-state index in [1.54, 1.807) is 22.9 Å². The number of methoxy groups -OCH3 is 1. The summed E-state index contributed by atoms with van der Waals surface area (Å²) in [5, 5.41) is 6.98. The van der Waals surface area contributed by atoms with Crippen LogP contribution in [0.4, 0.5) is 18.9 Å². The van der Waals surface area contributed by atoms with Gasteiger partial charge in [0.15, 0.2) is 0 Å². The molecule has 0 saturated carbocycles. The Labute approximate surface area is 213 Å². The average Bonchev–Trinajstić information content (AvgIpc) is 3.32. The molecule has 0 spiro atoms. The molecule has 1 aromatic heterocycles. The number of nitrogens with one attached hydrogen (secondary N) is 1. The van der Waals surface area contributed by atoms with Crippen molar-refractivity contribution in [2.24, 2.45) is 0 Å². The number of rotatable bonds is 5. The zero-order valence-corrected chi connectivity index (χ0v) is 21.1. The predicted octanol–water partition coefficient (Wildman–Crippen LogP) is 5.57. The number of carbonyl (C=O) groups excluding carboxylic acids is 2. The predicted molar refractivity (Wildman–Crippen MR) is 133 cm³/mol. The number of hydrogen-bond donors (Lipinski definition) is 1. The van der Waals surface area contributed by atoms with E-state index in [4.69, 9.17) is 4.74 Å². The van der Waals surface area contributed by atoms with Crippen molar-refractivity contribution in [3.8, 4) is 5.75 Å². The first-order chi connectivity index (χ1) is 17.5. The van der Waals surface area contributed by atoms with Gasteiger partial charge in [0.1, 0.15) is 5.75 Å². The van der Waals surface area contributed by atoms with E-state index in [-0.39, 0.29) is 23.1 Å². The van der Waals surface area contributed by atoms with Gasteiger partial charge < -0.3 is 15.0 Å². The van der Waals surface area contributed by atoms with Crippen molar-refractivity contribution in [2.45, 2.75) is 45.8 Å². The molecule has 1 N–H and O–H groups in total. The highest BCUT2D eigenvalue weighted by molar-refractivity contribution is 6.05. The van der Waals surface area contributed by atoms with Gasteiger partial charge in [-0.1, -0.05) is 6.07 Å². The third kappa shape index (κ3) is 5.47. The number of piperidine rings is 1. The topological polar surface area (TPSA) is 76.5 Å². The molecule has 0 unspecified atom stereocenters. The maximum Gasteiger partial charge on any atom is 0.416 e. The summed E-state index contributed by atoms with van der Waals surface area (Å²) < 4.78 is 46.8. The number of aromatic nitrogens is 2. The maximum atomic E-state index is 13.2. The summed E-state index contributed by atoms with van der Waals surface area (Å²) in [6.07, 6.45) is -0.0695. The van der Waals surface area contributed by atoms with E-state index in [1.165, 1.54) is 25.3 Å². The van der Waals surface area contributed by atoms with Crippen molar-refractivity contribution >= 4 is 17.5 Å². The summed E-state index contributed by atoms with van der Waals surface area (Å²) in [5.41, 5.74) is 1.99. The van der Waals surface area contributed by atoms with Crippen molar-refractivity contribution in [3.05, 3.63) is 76.1 Å². The van der Waals surface area contributed by atoms with Gasteiger partial charge in [0, 0.05) is 24.8 Å². The molecule has 1 saturated heterocycles. The summed E-state index contributed by atoms with van der Waals surface area (Å²) in [5.74, 6) is -0.159. The maximum absolute atomic E-state index is 13.2. The van der Waals surface area contributed by atoms with Crippen LogP contribution in [0, 0.1) is 20.8 Å². The van der Waals surface area contributed by atoms with E-state index in [0.29, 0.717) is 42.9 Å². The van der Waals surface area contributed by atoms with E-state index in [1.807, 2.05) is 26.0 Å². The lowest BCUT2D eigenvalue weighted by atomic mass is 10.0. The number of nitrogens with zero attached hydrogens (tertiary/aromatic N) is 3. The third-order valence-electron chi connectivity index (χ3n) is 6.92. The molecule has 0 bridgehead atoms. The van der Waals surface area contributed by atoms with Crippen LogP contribution in [-0.2, 0) is 6.18 Å². The zero-order chi connectivity index (χ0) is 26.9. The van der Waals surface area contributed by atoms with Gasteiger partial charge in [-0.25, -0.2) is 0 Å². The van der Waals surface area contributed by atoms with Crippen molar-refractivity contribution in [2.75, 3.05) is 25.5 Å². The quantitative estimate of drug-likeness (QED) is 0.483. The number of carbonyl (C=O) groups is 2. The van der Waals surface area contributed by atoms with Crippen molar-refractivity contribution in [1.82, 2.24) is 14.7 Å². The molecule has 2 aromatic carbocycles. The molecular weight excluding hydrogens is 485 g/mol. The Bertz CT molecular complexity index is 1320. The Morgan fingerprint density at radius 1 is 1.05 bits per heavy atom. The molecule has 1 aliphatic rings. The third-order valence-corrected chi connectivity index (χ3v) is 6.92. The second kappa shape index (κ2) is 10.3. The molecule has 0 aliphatic carbocycles. The smallest absolute Gasteiger partial charge is 0.416 e. The molecule has 2 heterocycles. The fourth-order valence-electron chi connectivity index (χ4n) is 4.62. The number of benzene rings is 2. The fourth-order valence-corrected chi connectivity index (χ4v) is 4.62. The molecule has 37 heavy (non-hydrogen) atoms. The lowest BCUT2D eigenvalue weighted by Gasteiger charge is -2.32. The van der Waals surface area contributed by atoms with Crippen LogP contribution in [0.2, 0.25) is 0 Å². The average molecular weight is 515 g/mol. The van der Waals surface area contributed by atoms with Crippen LogP contribution in [-0.4, -0.2) is 46.7 Å². The van der Waals surface area contributed by atoms with Gasteiger partial charge in [0.25, 0.3) is 11.8 Å². The minimum atomic E-state index is -4.54. The number of amides is 2. The van der Waals surface area contributed by atoms with Crippen molar-refractivity contribution in [3.63, 3.8) is 0 Å². The number of alkyl halides is 3. The van der Waals surface area contributed by atoms with Gasteiger partial charge in [0.2, 0.25) is 0 Å². The number of ether oxygens (including phenoxy) is 1. The normalized spacial score (nSPS) is 14.5. The summed E-state index contributed by atoms with van der Waals surface area (Å²) in [4.78, 5) is 27.6. The Kier molecular flexibility index (Phi) is 7.29. The number of anilines is 1. The first-order valence-corrected chi connectivity index (χ1v) is 12.0. The second-order valence-corrected chi connectivity index (χ2v) is 9.30. The summed E-state index contributed by atoms with van der Waals surface area (Å²) in [6, 6.07) is 7.29. The minimum absolute atomic E-state index is 0.0200. The minimum Gasteiger partial charge on any atom is -0.496 e. The van der Waals surface area contributed by atoms with Crippen molar-refractivity contribution in [1.29, 1.82) is 0 Å². The highest BCUT2D eigenvalue weighted by Gasteiger charge is 2.33. The highest BCUT2D eigenvalue weighted by Crippen LogP contribution is 2.33. The van der Waals surface area contributed by atoms with Crippen LogP contribution in [0.3, 0.4) is 0 Å². The fraction of sp³-hybridized carbons (Fsp3) is 0.370. The lowest BCUT2D eigenvalue weighted by Crippen LogP contribution is -2.39. The summed E-state index contributed by atoms with van der Waals surface area (Å²) in [7, 11) is 1.55. The monoisotopic (exact) mass is 514 g/mol. The second-order valence-electron chi connectivity index (χ2n) is 9.30. The molecule has 1 aliphatic heterocycles. The number of likely N-dealkylation sites (tertiary alicyclic amines) is 1. The molecule has 7 nitrogen and oxygen atoms in total. The Hall–Kier alpha value is -3.82. The molecule has 4 rings (SSSR count). The van der Waals surface area contributed by atoms with Gasteiger partial charge in [-0.3, -0.25) is 14.3 Å². The van der Waals surface area contributed by atoms with Gasteiger partial charge in [-0.05, 0) is 74.6 Å². The Balaban J connectivity index is 1.40. The highest BCUT2D eigenvalue weighted by atomic mass is 19.4. The number of hydrogen-bond acceptors (Lipinski definition) is 4. The Morgan fingerprint density at radius 3 is 2.38 bits per heavy atom. The van der Waals surface area contributed by atoms with Crippen LogP contribution in [0.5, 0.6) is 5.75 Å². The lowest BCUT2D eigenvalue weighted by molar-refractivity contribution is -0.138. The molecule has 3 aromatic rings. The number of aryl methyl sites for hydroxylation is 2. The zero-order valence-electron chi connectivity index (χ0n) is 21.1. The van der Waals surface area contributed by atoms with E-state index >= 15 is 0 Å². The standard InChI is InChI=1S/C27H29F3N4O3/c1-16-12-22(24(37-4)13-17(16)2)26(36)33-10-8-20(9-11-33)34-15-19(14-31-34)32-25(35)21-6-5-7-23(18(21)3)27(28,29)30/h5-7,12-15,20H,8-11H2,1-4H3,(H,32,35). The van der Waals surface area contributed by atoms with Crippen LogP contribution in [0.1, 0.15) is 61.9 Å². The Morgan fingerprint density at radius 2 is 1.73 bits per heavy atom. The summed E-state index contributed by atoms with van der Waals surface area (Å²) in [6.45, 7) is 6.28. The van der Waals surface area contributed by atoms with Gasteiger partial charge in [-0.2, -0.15) is 18.3 Å². The number of halogens is 3. The first kappa shape index (κ1) is 26.2. The molecule has 196 valence electrons. The van der Waals surface area contributed by atoms with Gasteiger partial charge >= 0.3 is 6.18 Å². The molecule has 0 atom stereocenters. The molecule has 10 heteroatoms. The first-order valence-electron chi connectivity index (χ1n) is 12.0. The largest absolute Gasteiger partial charge is 0.496 e. The SMILES string of the molecule is COc1cc(C)c(C)cc1C(=O)N1CCC(n2cc(NC(=O)c3cccc(C(F)(F)F)c3C)cn2)CC1. The van der Waals surface area contributed by atoms with Crippen LogP contribution >= 0.6 is 0 Å². The molecule has 0 radical (unpaired) electrons. The molecule has 1 fully saturated rings. The van der Waals surface area contributed by atoms with Gasteiger partial charge in [-0.15, -0.1) is 0 Å². The van der Waals surface area contributed by atoms with Crippen LogP contribution in [0.25, 0.3) is 0 Å².